The van der Waals surface area contributed by atoms with E-state index in [0.29, 0.717) is 10.9 Å². The third-order valence-corrected chi connectivity index (χ3v) is 4.63. The number of benzene rings is 2. The Morgan fingerprint density at radius 1 is 1.16 bits per heavy atom. The molecule has 1 aliphatic carbocycles. The summed E-state index contributed by atoms with van der Waals surface area (Å²) in [5.74, 6) is -0.228. The topological polar surface area (TPSA) is 76.9 Å². The first-order valence-electron chi connectivity index (χ1n) is 8.42. The molecule has 1 amide bonds. The summed E-state index contributed by atoms with van der Waals surface area (Å²) in [6, 6.07) is 15.2. The van der Waals surface area contributed by atoms with E-state index in [-0.39, 0.29) is 24.1 Å². The molecule has 3 aromatic rings. The molecule has 6 heteroatoms. The van der Waals surface area contributed by atoms with E-state index in [1.54, 1.807) is 24.3 Å². The lowest BCUT2D eigenvalue weighted by Gasteiger charge is -2.26. The first-order chi connectivity index (χ1) is 12.2. The van der Waals surface area contributed by atoms with Crippen molar-refractivity contribution >= 4 is 16.8 Å². The van der Waals surface area contributed by atoms with Crippen molar-refractivity contribution in [2.75, 3.05) is 0 Å². The summed E-state index contributed by atoms with van der Waals surface area (Å²) in [4.78, 5) is 24.9. The van der Waals surface area contributed by atoms with Crippen LogP contribution in [0.1, 0.15) is 30.0 Å². The largest absolute Gasteiger partial charge is 0.348 e. The molecule has 0 radical (unpaired) electrons. The van der Waals surface area contributed by atoms with Crippen LogP contribution in [0.2, 0.25) is 0 Å². The maximum atomic E-state index is 12.4. The second kappa shape index (κ2) is 6.47. The van der Waals surface area contributed by atoms with Crippen molar-refractivity contribution in [2.45, 2.75) is 31.8 Å². The van der Waals surface area contributed by atoms with Gasteiger partial charge in [-0.3, -0.25) is 9.59 Å². The van der Waals surface area contributed by atoms with Crippen LogP contribution in [0.15, 0.2) is 53.3 Å². The predicted octanol–water partition coefficient (Wildman–Crippen LogP) is 1.99. The third-order valence-electron chi connectivity index (χ3n) is 4.63. The highest BCUT2D eigenvalue weighted by atomic mass is 16.2. The van der Waals surface area contributed by atoms with Crippen LogP contribution in [0.3, 0.4) is 0 Å². The molecule has 0 fully saturated rings. The van der Waals surface area contributed by atoms with Gasteiger partial charge in [0.2, 0.25) is 5.91 Å². The van der Waals surface area contributed by atoms with E-state index in [0.717, 1.165) is 23.9 Å². The molecule has 2 aromatic carbocycles. The highest BCUT2D eigenvalue weighted by Crippen LogP contribution is 2.29. The highest BCUT2D eigenvalue weighted by molar-refractivity contribution is 5.78. The normalized spacial score (nSPS) is 16.4. The zero-order valence-corrected chi connectivity index (χ0v) is 13.7. The van der Waals surface area contributed by atoms with E-state index in [2.05, 4.69) is 27.8 Å². The number of hydrogen-bond donors (Lipinski definition) is 1. The van der Waals surface area contributed by atoms with Gasteiger partial charge in [0.05, 0.1) is 11.4 Å². The van der Waals surface area contributed by atoms with Crippen molar-refractivity contribution in [1.29, 1.82) is 0 Å². The average Bonchev–Trinajstić information content (AvgIpc) is 2.65. The van der Waals surface area contributed by atoms with Crippen molar-refractivity contribution in [3.8, 4) is 0 Å². The fraction of sp³-hybridized carbons (Fsp3) is 0.263. The average molecular weight is 334 g/mol. The summed E-state index contributed by atoms with van der Waals surface area (Å²) in [6.45, 7) is -0.130. The summed E-state index contributed by atoms with van der Waals surface area (Å²) in [6.07, 6.45) is 2.98. The van der Waals surface area contributed by atoms with Gasteiger partial charge in [0, 0.05) is 0 Å². The number of nitrogens with one attached hydrogen (secondary N) is 1. The van der Waals surface area contributed by atoms with Crippen LogP contribution in [0.4, 0.5) is 0 Å². The zero-order chi connectivity index (χ0) is 17.2. The number of amides is 1. The standard InChI is InChI=1S/C19H18N4O2/c24-18(20-16-11-5-7-13-6-1-2-8-14(13)16)12-23-19(25)15-9-3-4-10-17(15)21-22-23/h1-4,6,8-10,16H,5,7,11-12H2,(H,20,24)/t16-/m0/s1. The predicted molar refractivity (Wildman–Crippen MR) is 94.1 cm³/mol. The van der Waals surface area contributed by atoms with Gasteiger partial charge in [-0.1, -0.05) is 41.6 Å². The van der Waals surface area contributed by atoms with E-state index < -0.39 is 0 Å². The first-order valence-corrected chi connectivity index (χ1v) is 8.42. The third kappa shape index (κ3) is 3.03. The summed E-state index contributed by atoms with van der Waals surface area (Å²) >= 11 is 0. The van der Waals surface area contributed by atoms with E-state index in [1.165, 1.54) is 11.1 Å². The molecule has 0 saturated heterocycles. The SMILES string of the molecule is O=C(Cn1nnc2ccccc2c1=O)N[C@H]1CCCc2ccccc21. The smallest absolute Gasteiger partial charge is 0.278 e. The van der Waals surface area contributed by atoms with Crippen LogP contribution in [-0.4, -0.2) is 20.9 Å². The molecule has 0 saturated carbocycles. The minimum atomic E-state index is -0.301. The van der Waals surface area contributed by atoms with Gasteiger partial charge in [0.25, 0.3) is 5.56 Å². The van der Waals surface area contributed by atoms with Crippen molar-refractivity contribution < 1.29 is 4.79 Å². The number of fused-ring (bicyclic) bond motifs is 2. The fourth-order valence-corrected chi connectivity index (χ4v) is 3.41. The Kier molecular flexibility index (Phi) is 4.01. The Morgan fingerprint density at radius 3 is 2.88 bits per heavy atom. The quantitative estimate of drug-likeness (QED) is 0.795. The number of hydrogen-bond acceptors (Lipinski definition) is 4. The number of carbonyl (C=O) groups excluding carboxylic acids is 1. The Balaban J connectivity index is 1.54. The van der Waals surface area contributed by atoms with Gasteiger partial charge in [0.1, 0.15) is 12.1 Å². The highest BCUT2D eigenvalue weighted by Gasteiger charge is 2.21. The second-order valence-corrected chi connectivity index (χ2v) is 6.28. The van der Waals surface area contributed by atoms with Gasteiger partial charge in [-0.25, -0.2) is 4.68 Å². The number of carbonyl (C=O) groups is 1. The van der Waals surface area contributed by atoms with Gasteiger partial charge < -0.3 is 5.32 Å². The lowest BCUT2D eigenvalue weighted by Crippen LogP contribution is -2.37. The van der Waals surface area contributed by atoms with Crippen LogP contribution in [-0.2, 0) is 17.8 Å². The number of nitrogens with zero attached hydrogens (tertiary/aromatic N) is 3. The van der Waals surface area contributed by atoms with Crippen LogP contribution in [0, 0.1) is 0 Å². The van der Waals surface area contributed by atoms with Crippen LogP contribution in [0.25, 0.3) is 10.9 Å². The van der Waals surface area contributed by atoms with Crippen LogP contribution in [0.5, 0.6) is 0 Å². The molecular formula is C19H18N4O2. The van der Waals surface area contributed by atoms with Crippen molar-refractivity contribution in [3.05, 3.63) is 70.0 Å². The minimum Gasteiger partial charge on any atom is -0.348 e. The van der Waals surface area contributed by atoms with Gasteiger partial charge >= 0.3 is 0 Å². The Hall–Kier alpha value is -3.02. The van der Waals surface area contributed by atoms with Gasteiger partial charge in [-0.05, 0) is 42.5 Å². The van der Waals surface area contributed by atoms with E-state index in [1.807, 2.05) is 12.1 Å². The molecule has 1 aromatic heterocycles. The maximum absolute atomic E-state index is 12.4. The number of aromatic nitrogens is 3. The van der Waals surface area contributed by atoms with Crippen molar-refractivity contribution in [1.82, 2.24) is 20.3 Å². The fourth-order valence-electron chi connectivity index (χ4n) is 3.41. The Morgan fingerprint density at radius 2 is 1.96 bits per heavy atom. The van der Waals surface area contributed by atoms with Gasteiger partial charge in [0.15, 0.2) is 0 Å². The maximum Gasteiger partial charge on any atom is 0.278 e. The molecular weight excluding hydrogens is 316 g/mol. The lowest BCUT2D eigenvalue weighted by molar-refractivity contribution is -0.122. The molecule has 0 aliphatic heterocycles. The molecule has 126 valence electrons. The van der Waals surface area contributed by atoms with E-state index in [4.69, 9.17) is 0 Å². The molecule has 1 atom stereocenters. The number of rotatable bonds is 3. The minimum absolute atomic E-state index is 0.0124. The van der Waals surface area contributed by atoms with E-state index in [9.17, 15) is 9.59 Å². The van der Waals surface area contributed by atoms with E-state index >= 15 is 0 Å². The molecule has 1 aliphatic rings. The molecule has 25 heavy (non-hydrogen) atoms. The summed E-state index contributed by atoms with van der Waals surface area (Å²) in [7, 11) is 0. The molecule has 0 bridgehead atoms. The molecule has 0 spiro atoms. The van der Waals surface area contributed by atoms with Gasteiger partial charge in [-0.2, -0.15) is 0 Å². The van der Waals surface area contributed by atoms with Crippen molar-refractivity contribution in [3.63, 3.8) is 0 Å². The lowest BCUT2D eigenvalue weighted by atomic mass is 9.88. The number of aryl methyl sites for hydroxylation is 1. The Bertz CT molecular complexity index is 996. The van der Waals surface area contributed by atoms with Crippen LogP contribution >= 0.6 is 0 Å². The summed E-state index contributed by atoms with van der Waals surface area (Å²) in [5, 5.41) is 11.4. The molecule has 4 rings (SSSR count). The molecule has 0 unspecified atom stereocenters. The second-order valence-electron chi connectivity index (χ2n) is 6.28. The molecule has 1 N–H and O–H groups in total. The van der Waals surface area contributed by atoms with Gasteiger partial charge in [-0.15, -0.1) is 5.10 Å². The monoisotopic (exact) mass is 334 g/mol. The first kappa shape index (κ1) is 15.5. The zero-order valence-electron chi connectivity index (χ0n) is 13.7. The summed E-state index contributed by atoms with van der Waals surface area (Å²) < 4.78 is 1.12. The van der Waals surface area contributed by atoms with Crippen molar-refractivity contribution in [2.24, 2.45) is 0 Å². The Labute approximate surface area is 144 Å². The molecule has 1 heterocycles. The summed E-state index contributed by atoms with van der Waals surface area (Å²) in [5.41, 5.74) is 2.68. The molecule has 6 nitrogen and oxygen atoms in total. The van der Waals surface area contributed by atoms with Crippen LogP contribution < -0.4 is 10.9 Å².